The molecule has 2 aliphatic heterocycles. The Morgan fingerprint density at radius 2 is 1.61 bits per heavy atom. The van der Waals surface area contributed by atoms with Crippen LogP contribution in [-0.4, -0.2) is 45.0 Å². The number of carbonyl (C=O) groups is 1. The average Bonchev–Trinajstić information content (AvgIpc) is 3.26. The maximum absolute atomic E-state index is 11.4. The van der Waals surface area contributed by atoms with Crippen LogP contribution in [0.1, 0.15) is 33.6 Å². The van der Waals surface area contributed by atoms with E-state index >= 15 is 0 Å². The molecule has 1 unspecified atom stereocenters. The second-order valence-electron chi connectivity index (χ2n) is 9.57. The fourth-order valence-electron chi connectivity index (χ4n) is 5.28. The van der Waals surface area contributed by atoms with Gasteiger partial charge in [-0.2, -0.15) is 0 Å². The van der Waals surface area contributed by atoms with Gasteiger partial charge >= 0.3 is 0 Å². The largest absolute Gasteiger partial charge is 0.405 e. The third-order valence-electron chi connectivity index (χ3n) is 6.70. The number of aliphatic hydroxyl groups is 1. The van der Waals surface area contributed by atoms with Crippen LogP contribution < -0.4 is 10.4 Å². The number of aldehydes is 1. The summed E-state index contributed by atoms with van der Waals surface area (Å²) in [6.07, 6.45) is 0.298. The van der Waals surface area contributed by atoms with Crippen LogP contribution in [0, 0.1) is 11.8 Å². The Morgan fingerprint density at radius 3 is 2.13 bits per heavy atom. The van der Waals surface area contributed by atoms with Gasteiger partial charge in [-0.25, -0.2) is 0 Å². The molecule has 0 aromatic heterocycles. The van der Waals surface area contributed by atoms with Crippen molar-refractivity contribution < 1.29 is 23.8 Å². The van der Waals surface area contributed by atoms with Crippen LogP contribution in [-0.2, 0) is 18.7 Å². The van der Waals surface area contributed by atoms with Gasteiger partial charge in [0.25, 0.3) is 8.32 Å². The summed E-state index contributed by atoms with van der Waals surface area (Å²) >= 11 is 0. The summed E-state index contributed by atoms with van der Waals surface area (Å²) in [4.78, 5) is 11.4. The van der Waals surface area contributed by atoms with Crippen molar-refractivity contribution in [1.29, 1.82) is 0 Å². The Labute approximate surface area is 185 Å². The third kappa shape index (κ3) is 4.15. The summed E-state index contributed by atoms with van der Waals surface area (Å²) in [6, 6.07) is 21.0. The number of aliphatic hydroxyl groups excluding tert-OH is 1. The van der Waals surface area contributed by atoms with E-state index in [0.29, 0.717) is 19.4 Å². The van der Waals surface area contributed by atoms with Crippen LogP contribution in [0.4, 0.5) is 0 Å². The fraction of sp³-hybridized carbons (Fsp3) is 0.480. The second-order valence-corrected chi connectivity index (χ2v) is 13.9. The van der Waals surface area contributed by atoms with E-state index in [-0.39, 0.29) is 23.0 Å². The van der Waals surface area contributed by atoms with E-state index in [4.69, 9.17) is 13.9 Å². The Hall–Kier alpha value is -1.83. The van der Waals surface area contributed by atoms with Crippen LogP contribution in [0.15, 0.2) is 60.7 Å². The van der Waals surface area contributed by atoms with Gasteiger partial charge in [0.15, 0.2) is 12.6 Å². The molecule has 2 aliphatic rings. The molecule has 4 rings (SSSR count). The standard InChI is InChI=1S/C25H32O5Si/c1-25(2,3)31(18-10-6-4-7-11-18,19-12-8-5-9-13-19)28-17-22-20(14-15-26)21-16-23(27)30-24(21)29-22/h4-13,15,20-24,27H,14,16-17H2,1-3H3/t20-,21+,22+,23?,24+/m0/s1. The van der Waals surface area contributed by atoms with E-state index in [1.54, 1.807) is 0 Å². The summed E-state index contributed by atoms with van der Waals surface area (Å²) in [7, 11) is -2.68. The second kappa shape index (κ2) is 8.96. The molecule has 1 N–H and O–H groups in total. The Balaban J connectivity index is 1.68. The minimum atomic E-state index is -2.68. The van der Waals surface area contributed by atoms with Gasteiger partial charge in [0.1, 0.15) is 6.29 Å². The SMILES string of the molecule is CC(C)(C)[Si](OC[C@H]1O[C@@H]2OC(O)C[C@@H]2[C@@H]1CC=O)(c1ccccc1)c1ccccc1. The fourth-order valence-corrected chi connectivity index (χ4v) is 9.85. The highest BCUT2D eigenvalue weighted by atomic mass is 28.4. The van der Waals surface area contributed by atoms with Crippen molar-refractivity contribution >= 4 is 25.0 Å². The summed E-state index contributed by atoms with van der Waals surface area (Å²) in [6.45, 7) is 7.11. The molecule has 0 saturated carbocycles. The quantitative estimate of drug-likeness (QED) is 0.530. The van der Waals surface area contributed by atoms with Gasteiger partial charge in [-0.05, 0) is 15.4 Å². The van der Waals surface area contributed by atoms with E-state index in [2.05, 4.69) is 69.3 Å². The number of ether oxygens (including phenoxy) is 2. The van der Waals surface area contributed by atoms with E-state index < -0.39 is 20.9 Å². The maximum Gasteiger partial charge on any atom is 0.261 e. The maximum atomic E-state index is 11.4. The molecule has 6 heteroatoms. The van der Waals surface area contributed by atoms with Crippen molar-refractivity contribution in [2.45, 2.75) is 57.3 Å². The zero-order valence-electron chi connectivity index (χ0n) is 18.4. The molecular weight excluding hydrogens is 408 g/mol. The number of hydrogen-bond donors (Lipinski definition) is 1. The number of fused-ring (bicyclic) bond motifs is 1. The molecule has 2 aromatic carbocycles. The molecule has 2 saturated heterocycles. The highest BCUT2D eigenvalue weighted by molar-refractivity contribution is 6.99. The van der Waals surface area contributed by atoms with E-state index in [9.17, 15) is 9.90 Å². The first-order chi connectivity index (χ1) is 14.9. The van der Waals surface area contributed by atoms with E-state index in [1.165, 1.54) is 10.4 Å². The highest BCUT2D eigenvalue weighted by Crippen LogP contribution is 2.44. The molecule has 0 amide bonds. The topological polar surface area (TPSA) is 65.0 Å². The average molecular weight is 441 g/mol. The Kier molecular flexibility index (Phi) is 6.46. The molecular formula is C25H32O5Si. The molecule has 5 nitrogen and oxygen atoms in total. The van der Waals surface area contributed by atoms with E-state index in [1.807, 2.05) is 12.1 Å². The van der Waals surface area contributed by atoms with Crippen molar-refractivity contribution in [2.24, 2.45) is 11.8 Å². The van der Waals surface area contributed by atoms with Crippen LogP contribution in [0.5, 0.6) is 0 Å². The number of rotatable bonds is 7. The summed E-state index contributed by atoms with van der Waals surface area (Å²) in [5, 5.41) is 12.2. The minimum Gasteiger partial charge on any atom is -0.405 e. The molecule has 31 heavy (non-hydrogen) atoms. The zero-order chi connectivity index (χ0) is 22.1. The lowest BCUT2D eigenvalue weighted by atomic mass is 9.86. The molecule has 2 heterocycles. The Morgan fingerprint density at radius 1 is 1.03 bits per heavy atom. The van der Waals surface area contributed by atoms with Crippen molar-refractivity contribution in [1.82, 2.24) is 0 Å². The minimum absolute atomic E-state index is 0.0159. The monoisotopic (exact) mass is 440 g/mol. The van der Waals surface area contributed by atoms with Gasteiger partial charge < -0.3 is 23.8 Å². The predicted octanol–water partition coefficient (Wildman–Crippen LogP) is 2.85. The summed E-state index contributed by atoms with van der Waals surface area (Å²) in [5.41, 5.74) is 0. The van der Waals surface area contributed by atoms with Crippen molar-refractivity contribution in [2.75, 3.05) is 6.61 Å². The summed E-state index contributed by atoms with van der Waals surface area (Å²) in [5.74, 6) is 0.00539. The van der Waals surface area contributed by atoms with Crippen molar-refractivity contribution in [3.8, 4) is 0 Å². The van der Waals surface area contributed by atoms with Crippen LogP contribution in [0.2, 0.25) is 5.04 Å². The molecule has 0 radical (unpaired) electrons. The lowest BCUT2D eigenvalue weighted by Crippen LogP contribution is -2.67. The third-order valence-corrected chi connectivity index (χ3v) is 11.7. The Bertz CT molecular complexity index is 827. The van der Waals surface area contributed by atoms with Crippen molar-refractivity contribution in [3.63, 3.8) is 0 Å². The van der Waals surface area contributed by atoms with Gasteiger partial charge in [0.05, 0.1) is 12.7 Å². The zero-order valence-corrected chi connectivity index (χ0v) is 19.4. The van der Waals surface area contributed by atoms with Gasteiger partial charge in [0.2, 0.25) is 0 Å². The van der Waals surface area contributed by atoms with Gasteiger partial charge in [-0.3, -0.25) is 0 Å². The lowest BCUT2D eigenvalue weighted by molar-refractivity contribution is -0.193. The van der Waals surface area contributed by atoms with Crippen LogP contribution >= 0.6 is 0 Å². The number of carbonyl (C=O) groups excluding carboxylic acids is 1. The lowest BCUT2D eigenvalue weighted by Gasteiger charge is -2.43. The molecule has 166 valence electrons. The molecule has 0 spiro atoms. The van der Waals surface area contributed by atoms with Gasteiger partial charge in [-0.1, -0.05) is 81.4 Å². The first-order valence-corrected chi connectivity index (χ1v) is 13.0. The van der Waals surface area contributed by atoms with Gasteiger partial charge in [-0.15, -0.1) is 0 Å². The number of benzene rings is 2. The first kappa shape index (κ1) is 22.4. The van der Waals surface area contributed by atoms with Crippen LogP contribution in [0.25, 0.3) is 0 Å². The van der Waals surface area contributed by atoms with Crippen molar-refractivity contribution in [3.05, 3.63) is 60.7 Å². The molecule has 5 atom stereocenters. The van der Waals surface area contributed by atoms with E-state index in [0.717, 1.165) is 6.29 Å². The predicted molar refractivity (Wildman–Crippen MR) is 122 cm³/mol. The number of hydrogen-bond acceptors (Lipinski definition) is 5. The van der Waals surface area contributed by atoms with Crippen LogP contribution in [0.3, 0.4) is 0 Å². The molecule has 0 aliphatic carbocycles. The molecule has 0 bridgehead atoms. The highest BCUT2D eigenvalue weighted by Gasteiger charge is 2.54. The first-order valence-electron chi connectivity index (χ1n) is 11.0. The smallest absolute Gasteiger partial charge is 0.261 e. The van der Waals surface area contributed by atoms with Gasteiger partial charge in [0, 0.05) is 24.7 Å². The molecule has 2 aromatic rings. The molecule has 2 fully saturated rings. The normalized spacial score (nSPS) is 28.5. The summed E-state index contributed by atoms with van der Waals surface area (Å²) < 4.78 is 18.7.